The van der Waals surface area contributed by atoms with Gasteiger partial charge in [0.1, 0.15) is 0 Å². The highest BCUT2D eigenvalue weighted by atomic mass is 14.8. The normalized spacial score (nSPS) is 13.9. The van der Waals surface area contributed by atoms with Gasteiger partial charge in [-0.15, -0.1) is 0 Å². The Morgan fingerprint density at radius 3 is 1.96 bits per heavy atom. The van der Waals surface area contributed by atoms with E-state index in [2.05, 4.69) is 44.2 Å². The van der Waals surface area contributed by atoms with Gasteiger partial charge in [0.05, 0.1) is 22.8 Å². The molecule has 5 rings (SSSR count). The quantitative estimate of drug-likeness (QED) is 0.409. The van der Waals surface area contributed by atoms with Crippen LogP contribution in [0.15, 0.2) is 42.5 Å². The van der Waals surface area contributed by atoms with Crippen molar-refractivity contribution < 1.29 is 0 Å². The van der Waals surface area contributed by atoms with Gasteiger partial charge in [-0.25, -0.2) is 9.97 Å². The number of nitrogens with one attached hydrogen (secondary N) is 2. The molecule has 3 aromatic rings. The summed E-state index contributed by atoms with van der Waals surface area (Å²) in [5.74, 6) is 0. The summed E-state index contributed by atoms with van der Waals surface area (Å²) < 4.78 is 0. The minimum Gasteiger partial charge on any atom is -0.355 e. The lowest BCUT2D eigenvalue weighted by atomic mass is 10.1. The standard InChI is InChI=1S/C22H19N5/c1-13(23)21-11-20-10-18-5-4-16(25-18)8-14-2-3-15(24-14)9-17-6-7-19(26-17)12-22(21)27-20/h2-13,25,27H,23H2,1H3. The smallest absolute Gasteiger partial charge is 0.0659 e. The fourth-order valence-corrected chi connectivity index (χ4v) is 3.42. The second kappa shape index (κ2) is 6.07. The van der Waals surface area contributed by atoms with E-state index in [0.29, 0.717) is 0 Å². The predicted molar refractivity (Wildman–Crippen MR) is 111 cm³/mol. The topological polar surface area (TPSA) is 83.4 Å². The molecule has 4 N–H and O–H groups in total. The molecule has 0 radical (unpaired) electrons. The van der Waals surface area contributed by atoms with Gasteiger partial charge >= 0.3 is 0 Å². The average molecular weight is 353 g/mol. The lowest BCUT2D eigenvalue weighted by Gasteiger charge is -2.00. The Balaban J connectivity index is 1.86. The number of H-pyrrole nitrogens is 2. The van der Waals surface area contributed by atoms with Crippen LogP contribution >= 0.6 is 0 Å². The van der Waals surface area contributed by atoms with Gasteiger partial charge in [0.25, 0.3) is 0 Å². The fraction of sp³-hybridized carbons (Fsp3) is 0.0909. The average Bonchev–Trinajstić information content (AvgIpc) is 3.38. The Hall–Kier alpha value is -3.44. The van der Waals surface area contributed by atoms with Crippen LogP contribution in [0.5, 0.6) is 0 Å². The van der Waals surface area contributed by atoms with Gasteiger partial charge in [-0.1, -0.05) is 0 Å². The van der Waals surface area contributed by atoms with Crippen molar-refractivity contribution in [2.75, 3.05) is 0 Å². The maximum atomic E-state index is 6.18. The Labute approximate surface area is 156 Å². The molecule has 0 aromatic carbocycles. The van der Waals surface area contributed by atoms with Crippen LogP contribution in [0.1, 0.15) is 41.3 Å². The molecule has 5 heteroatoms. The summed E-state index contributed by atoms with van der Waals surface area (Å²) in [4.78, 5) is 16.2. The molecule has 0 aliphatic carbocycles. The van der Waals surface area contributed by atoms with Crippen LogP contribution in [-0.2, 0) is 0 Å². The Kier molecular flexibility index (Phi) is 3.55. The van der Waals surface area contributed by atoms with Crippen LogP contribution in [0, 0.1) is 0 Å². The van der Waals surface area contributed by atoms with Crippen molar-refractivity contribution in [2.24, 2.45) is 5.73 Å². The molecule has 27 heavy (non-hydrogen) atoms. The lowest BCUT2D eigenvalue weighted by Crippen LogP contribution is -2.03. The first kappa shape index (κ1) is 15.8. The molecule has 8 bridgehead atoms. The molecule has 2 aliphatic rings. The number of hydrogen-bond donors (Lipinski definition) is 3. The largest absolute Gasteiger partial charge is 0.355 e. The first-order valence-corrected chi connectivity index (χ1v) is 8.96. The Morgan fingerprint density at radius 2 is 1.30 bits per heavy atom. The van der Waals surface area contributed by atoms with Crippen LogP contribution in [0.3, 0.4) is 0 Å². The maximum Gasteiger partial charge on any atom is 0.0659 e. The second-order valence-corrected chi connectivity index (χ2v) is 6.92. The van der Waals surface area contributed by atoms with Crippen molar-refractivity contribution in [1.29, 1.82) is 0 Å². The van der Waals surface area contributed by atoms with Gasteiger partial charge in [0.2, 0.25) is 0 Å². The third-order valence-corrected chi connectivity index (χ3v) is 4.69. The van der Waals surface area contributed by atoms with Crippen molar-refractivity contribution in [3.8, 4) is 0 Å². The summed E-state index contributed by atoms with van der Waals surface area (Å²) >= 11 is 0. The Bertz CT molecular complexity index is 1250. The molecule has 0 fully saturated rings. The molecule has 3 aromatic heterocycles. The van der Waals surface area contributed by atoms with Crippen molar-refractivity contribution in [2.45, 2.75) is 13.0 Å². The number of rotatable bonds is 1. The lowest BCUT2D eigenvalue weighted by molar-refractivity contribution is 0.828. The molecule has 1 unspecified atom stereocenters. The van der Waals surface area contributed by atoms with Crippen molar-refractivity contribution >= 4 is 46.4 Å². The van der Waals surface area contributed by atoms with Gasteiger partial charge in [-0.05, 0) is 79.3 Å². The van der Waals surface area contributed by atoms with E-state index in [1.165, 1.54) is 0 Å². The van der Waals surface area contributed by atoms with Crippen LogP contribution in [0.4, 0.5) is 0 Å². The minimum atomic E-state index is -0.0723. The van der Waals surface area contributed by atoms with Crippen LogP contribution in [0.2, 0.25) is 0 Å². The van der Waals surface area contributed by atoms with E-state index in [0.717, 1.165) is 50.4 Å². The molecule has 132 valence electrons. The second-order valence-electron chi connectivity index (χ2n) is 6.92. The summed E-state index contributed by atoms with van der Waals surface area (Å²) in [6, 6.07) is 14.3. The molecule has 0 saturated carbocycles. The van der Waals surface area contributed by atoms with Crippen molar-refractivity contribution in [1.82, 2.24) is 19.9 Å². The number of hydrogen-bond acceptors (Lipinski definition) is 3. The zero-order valence-corrected chi connectivity index (χ0v) is 14.9. The zero-order valence-electron chi connectivity index (χ0n) is 14.9. The van der Waals surface area contributed by atoms with Crippen LogP contribution in [-0.4, -0.2) is 19.9 Å². The van der Waals surface area contributed by atoms with Crippen LogP contribution in [0.25, 0.3) is 46.4 Å². The highest BCUT2D eigenvalue weighted by molar-refractivity contribution is 5.78. The van der Waals surface area contributed by atoms with E-state index in [-0.39, 0.29) is 6.04 Å². The fourth-order valence-electron chi connectivity index (χ4n) is 3.42. The van der Waals surface area contributed by atoms with Gasteiger partial charge in [-0.3, -0.25) is 0 Å². The number of aromatic nitrogens is 4. The number of nitrogens with two attached hydrogens (primary N) is 1. The number of fused-ring (bicyclic) bond motifs is 8. The molecule has 5 nitrogen and oxygen atoms in total. The summed E-state index contributed by atoms with van der Waals surface area (Å²) in [6.07, 6.45) is 8.02. The zero-order chi connectivity index (χ0) is 18.4. The number of nitrogens with zero attached hydrogens (tertiary/aromatic N) is 2. The molecule has 5 heterocycles. The molecular weight excluding hydrogens is 334 g/mol. The minimum absolute atomic E-state index is 0.0723. The summed E-state index contributed by atoms with van der Waals surface area (Å²) in [5.41, 5.74) is 14.9. The van der Waals surface area contributed by atoms with Crippen molar-refractivity contribution in [3.63, 3.8) is 0 Å². The first-order chi connectivity index (χ1) is 13.1. The monoisotopic (exact) mass is 353 g/mol. The van der Waals surface area contributed by atoms with Gasteiger partial charge in [0.15, 0.2) is 0 Å². The number of aromatic amines is 2. The van der Waals surface area contributed by atoms with Crippen LogP contribution < -0.4 is 5.73 Å². The summed E-state index contributed by atoms with van der Waals surface area (Å²) in [7, 11) is 0. The highest BCUT2D eigenvalue weighted by Crippen LogP contribution is 2.22. The summed E-state index contributed by atoms with van der Waals surface area (Å²) in [6.45, 7) is 1.99. The molecule has 1 atom stereocenters. The van der Waals surface area contributed by atoms with Gasteiger partial charge < -0.3 is 15.7 Å². The molecule has 2 aliphatic heterocycles. The van der Waals surface area contributed by atoms with E-state index in [9.17, 15) is 0 Å². The first-order valence-electron chi connectivity index (χ1n) is 8.96. The third kappa shape index (κ3) is 3.09. The van der Waals surface area contributed by atoms with Crippen molar-refractivity contribution in [3.05, 3.63) is 70.8 Å². The predicted octanol–water partition coefficient (Wildman–Crippen LogP) is 4.68. The van der Waals surface area contributed by atoms with Gasteiger partial charge in [-0.2, -0.15) is 0 Å². The van der Waals surface area contributed by atoms with E-state index in [4.69, 9.17) is 5.73 Å². The molecule has 0 amide bonds. The van der Waals surface area contributed by atoms with E-state index >= 15 is 0 Å². The van der Waals surface area contributed by atoms with E-state index in [1.807, 2.05) is 49.4 Å². The molecular formula is C22H19N5. The third-order valence-electron chi connectivity index (χ3n) is 4.69. The van der Waals surface area contributed by atoms with E-state index in [1.54, 1.807) is 0 Å². The van der Waals surface area contributed by atoms with E-state index < -0.39 is 0 Å². The molecule has 0 spiro atoms. The summed E-state index contributed by atoms with van der Waals surface area (Å²) in [5, 5.41) is 0. The van der Waals surface area contributed by atoms with Gasteiger partial charge in [0, 0.05) is 28.1 Å². The maximum absolute atomic E-state index is 6.18. The SMILES string of the molecule is CC(N)c1cc2cc3ccc(cc4nc(cc5nc(cc1[nH]2)C=C5)C=C4)[nH]3. The highest BCUT2D eigenvalue weighted by Gasteiger charge is 2.07. The Morgan fingerprint density at radius 1 is 0.704 bits per heavy atom. The molecule has 0 saturated heterocycles.